The number of aliphatic imine (C=N–C) groups is 1. The van der Waals surface area contributed by atoms with Crippen molar-refractivity contribution in [3.63, 3.8) is 0 Å². The molecule has 1 saturated heterocycles. The first kappa shape index (κ1) is 19.1. The Morgan fingerprint density at radius 2 is 1.78 bits per heavy atom. The van der Waals surface area contributed by atoms with Crippen LogP contribution in [0.25, 0.3) is 6.08 Å². The third-order valence-corrected chi connectivity index (χ3v) is 4.98. The summed E-state index contributed by atoms with van der Waals surface area (Å²) < 4.78 is 0. The van der Waals surface area contributed by atoms with Crippen LogP contribution >= 0.6 is 23.4 Å². The molecule has 7 heteroatoms. The number of amidine groups is 1. The molecular weight excluding hydrogens is 384 g/mol. The van der Waals surface area contributed by atoms with E-state index in [1.54, 1.807) is 48.5 Å². The van der Waals surface area contributed by atoms with Crippen LogP contribution in [0.5, 0.6) is 0 Å². The summed E-state index contributed by atoms with van der Waals surface area (Å²) in [5, 5.41) is 3.60. The van der Waals surface area contributed by atoms with Gasteiger partial charge in [0.15, 0.2) is 16.7 Å². The van der Waals surface area contributed by atoms with Gasteiger partial charge in [0, 0.05) is 16.1 Å². The predicted molar refractivity (Wildman–Crippen MR) is 109 cm³/mol. The Bertz CT molecular complexity index is 1010. The standard InChI is InChI=1S/C20H15ClN2O3S/c1-11(24)13-3-6-16(7-4-13)22-20-23-19(26)18(27-20)10-14-9-15(21)5-8-17(14)12(2)25/h3-10H,1-2H3,(H,22,23,26). The van der Waals surface area contributed by atoms with Gasteiger partial charge in [-0.05, 0) is 79.7 Å². The van der Waals surface area contributed by atoms with Crippen molar-refractivity contribution in [1.29, 1.82) is 0 Å². The Kier molecular flexibility index (Phi) is 5.58. The number of nitrogens with zero attached hydrogens (tertiary/aromatic N) is 1. The van der Waals surface area contributed by atoms with E-state index in [-0.39, 0.29) is 17.5 Å². The summed E-state index contributed by atoms with van der Waals surface area (Å²) in [5.41, 5.74) is 2.29. The van der Waals surface area contributed by atoms with Gasteiger partial charge in [-0.15, -0.1) is 0 Å². The Balaban J connectivity index is 1.87. The summed E-state index contributed by atoms with van der Waals surface area (Å²) in [5.74, 6) is -0.430. The summed E-state index contributed by atoms with van der Waals surface area (Å²) in [6.07, 6.45) is 1.63. The first-order valence-corrected chi connectivity index (χ1v) is 9.24. The number of hydrogen-bond acceptors (Lipinski definition) is 5. The molecule has 0 saturated carbocycles. The van der Waals surface area contributed by atoms with E-state index in [4.69, 9.17) is 11.6 Å². The van der Waals surface area contributed by atoms with E-state index in [1.165, 1.54) is 25.6 Å². The number of benzene rings is 2. The first-order valence-electron chi connectivity index (χ1n) is 8.04. The van der Waals surface area contributed by atoms with Gasteiger partial charge in [0.2, 0.25) is 0 Å². The molecule has 1 heterocycles. The molecule has 0 atom stereocenters. The van der Waals surface area contributed by atoms with Gasteiger partial charge in [0.25, 0.3) is 5.91 Å². The van der Waals surface area contributed by atoms with Gasteiger partial charge >= 0.3 is 0 Å². The Hall–Kier alpha value is -2.70. The fourth-order valence-electron chi connectivity index (χ4n) is 2.48. The number of ketones is 2. The van der Waals surface area contributed by atoms with Gasteiger partial charge in [-0.1, -0.05) is 11.6 Å². The zero-order valence-corrected chi connectivity index (χ0v) is 16.1. The van der Waals surface area contributed by atoms with E-state index >= 15 is 0 Å². The molecule has 1 aliphatic heterocycles. The lowest BCUT2D eigenvalue weighted by atomic mass is 10.0. The van der Waals surface area contributed by atoms with Gasteiger partial charge in [0.1, 0.15) is 0 Å². The molecule has 0 unspecified atom stereocenters. The minimum absolute atomic E-state index is 0.0224. The molecule has 0 aliphatic carbocycles. The molecule has 27 heavy (non-hydrogen) atoms. The van der Waals surface area contributed by atoms with Gasteiger partial charge in [0.05, 0.1) is 10.6 Å². The van der Waals surface area contributed by atoms with Crippen LogP contribution in [-0.4, -0.2) is 22.6 Å². The third-order valence-electron chi connectivity index (χ3n) is 3.83. The number of carbonyl (C=O) groups is 3. The molecule has 0 bridgehead atoms. The highest BCUT2D eigenvalue weighted by atomic mass is 35.5. The van der Waals surface area contributed by atoms with Crippen molar-refractivity contribution in [2.24, 2.45) is 4.99 Å². The van der Waals surface area contributed by atoms with Crippen LogP contribution in [0.4, 0.5) is 5.69 Å². The van der Waals surface area contributed by atoms with Crippen LogP contribution in [0.2, 0.25) is 5.02 Å². The number of rotatable bonds is 4. The van der Waals surface area contributed by atoms with Crippen molar-refractivity contribution in [3.8, 4) is 0 Å². The van der Waals surface area contributed by atoms with E-state index in [0.29, 0.717) is 37.5 Å². The van der Waals surface area contributed by atoms with Gasteiger partial charge in [-0.25, -0.2) is 4.99 Å². The van der Waals surface area contributed by atoms with Crippen LogP contribution in [0.3, 0.4) is 0 Å². The summed E-state index contributed by atoms with van der Waals surface area (Å²) in [7, 11) is 0. The monoisotopic (exact) mass is 398 g/mol. The summed E-state index contributed by atoms with van der Waals surface area (Å²) in [4.78, 5) is 40.1. The predicted octanol–water partition coefficient (Wildman–Crippen LogP) is 4.64. The smallest absolute Gasteiger partial charge is 0.264 e. The van der Waals surface area contributed by atoms with E-state index < -0.39 is 0 Å². The normalized spacial score (nSPS) is 16.6. The van der Waals surface area contributed by atoms with Crippen LogP contribution < -0.4 is 5.32 Å². The molecule has 1 amide bonds. The second-order valence-electron chi connectivity index (χ2n) is 5.87. The van der Waals surface area contributed by atoms with E-state index in [9.17, 15) is 14.4 Å². The Morgan fingerprint density at radius 1 is 1.07 bits per heavy atom. The quantitative estimate of drug-likeness (QED) is 0.601. The maximum absolute atomic E-state index is 12.2. The van der Waals surface area contributed by atoms with Crippen molar-refractivity contribution in [2.45, 2.75) is 13.8 Å². The maximum atomic E-state index is 12.2. The highest BCUT2D eigenvalue weighted by Crippen LogP contribution is 2.30. The molecule has 1 aliphatic rings. The minimum Gasteiger partial charge on any atom is -0.300 e. The van der Waals surface area contributed by atoms with E-state index in [1.807, 2.05) is 0 Å². The van der Waals surface area contributed by atoms with Gasteiger partial charge in [-0.3, -0.25) is 14.4 Å². The largest absolute Gasteiger partial charge is 0.300 e. The molecule has 2 aromatic rings. The molecule has 136 valence electrons. The average molecular weight is 399 g/mol. The van der Waals surface area contributed by atoms with Gasteiger partial charge < -0.3 is 5.32 Å². The number of amides is 1. The Morgan fingerprint density at radius 3 is 2.41 bits per heavy atom. The highest BCUT2D eigenvalue weighted by Gasteiger charge is 2.24. The highest BCUT2D eigenvalue weighted by molar-refractivity contribution is 8.18. The number of Topliss-reactive ketones (excluding diaryl/α,β-unsaturated/α-hetero) is 2. The SMILES string of the molecule is CC(=O)c1ccc(N=C2NC(=O)C(=Cc3cc(Cl)ccc3C(C)=O)S2)cc1. The van der Waals surface area contributed by atoms with Crippen molar-refractivity contribution >= 4 is 57.8 Å². The van der Waals surface area contributed by atoms with Crippen molar-refractivity contribution < 1.29 is 14.4 Å². The van der Waals surface area contributed by atoms with Crippen LogP contribution in [0.1, 0.15) is 40.1 Å². The number of nitrogens with one attached hydrogen (secondary N) is 1. The fraction of sp³-hybridized carbons (Fsp3) is 0.100. The number of hydrogen-bond donors (Lipinski definition) is 1. The number of thioether (sulfide) groups is 1. The maximum Gasteiger partial charge on any atom is 0.264 e. The van der Waals surface area contributed by atoms with Crippen LogP contribution in [0, 0.1) is 0 Å². The molecule has 5 nitrogen and oxygen atoms in total. The molecule has 2 aromatic carbocycles. The molecule has 0 radical (unpaired) electrons. The van der Waals surface area contributed by atoms with Crippen LogP contribution in [0.15, 0.2) is 52.4 Å². The van der Waals surface area contributed by atoms with E-state index in [0.717, 1.165) is 0 Å². The van der Waals surface area contributed by atoms with Crippen molar-refractivity contribution in [1.82, 2.24) is 5.32 Å². The summed E-state index contributed by atoms with van der Waals surface area (Å²) in [6.45, 7) is 2.96. The second kappa shape index (κ2) is 7.90. The fourth-order valence-corrected chi connectivity index (χ4v) is 3.50. The van der Waals surface area contributed by atoms with Gasteiger partial charge in [-0.2, -0.15) is 0 Å². The topological polar surface area (TPSA) is 75.6 Å². The van der Waals surface area contributed by atoms with Crippen LogP contribution in [-0.2, 0) is 4.79 Å². The zero-order valence-electron chi connectivity index (χ0n) is 14.6. The summed E-state index contributed by atoms with van der Waals surface area (Å²) in [6, 6.07) is 11.7. The molecule has 0 aromatic heterocycles. The lowest BCUT2D eigenvalue weighted by Crippen LogP contribution is -2.19. The van der Waals surface area contributed by atoms with Crippen molar-refractivity contribution in [3.05, 3.63) is 69.1 Å². The number of carbonyl (C=O) groups excluding carboxylic acids is 3. The average Bonchev–Trinajstić information content (AvgIpc) is 2.94. The second-order valence-corrected chi connectivity index (χ2v) is 7.34. The Labute approximate surface area is 165 Å². The summed E-state index contributed by atoms with van der Waals surface area (Å²) >= 11 is 7.19. The first-order chi connectivity index (χ1) is 12.8. The minimum atomic E-state index is -0.298. The number of halogens is 1. The molecule has 1 N–H and O–H groups in total. The third kappa shape index (κ3) is 4.53. The lowest BCUT2D eigenvalue weighted by molar-refractivity contribution is -0.115. The molecular formula is C20H15ClN2O3S. The van der Waals surface area contributed by atoms with E-state index in [2.05, 4.69) is 10.3 Å². The molecule has 3 rings (SSSR count). The molecule has 0 spiro atoms. The van der Waals surface area contributed by atoms with Crippen molar-refractivity contribution in [2.75, 3.05) is 0 Å². The molecule has 1 fully saturated rings. The zero-order chi connectivity index (χ0) is 19.6. The lowest BCUT2D eigenvalue weighted by Gasteiger charge is -2.03.